The number of aliphatic imine (C=N–C) groups is 1. The molecule has 9 heteroatoms. The molecule has 2 aliphatic rings. The molecule has 2 aromatic rings. The highest BCUT2D eigenvalue weighted by Crippen LogP contribution is 2.45. The molecule has 8 nitrogen and oxygen atoms in total. The van der Waals surface area contributed by atoms with Crippen LogP contribution in [0, 0.1) is 5.92 Å². The number of fused-ring (bicyclic) bond motifs is 1. The van der Waals surface area contributed by atoms with Crippen molar-refractivity contribution in [2.24, 2.45) is 10.9 Å². The summed E-state index contributed by atoms with van der Waals surface area (Å²) in [5.74, 6) is 0.490. The standard InChI is InChI=1S/C22H25N5O3S/c1-21(2,3)30-20(29)27-12-16-13-31-19(25-18(28)15-7-5-4-6-8-15)26-22(16,14-27)17-11-23-9-10-24-17/h4-11,16H,12-14H2,1-3H3,(H,25,26,28). The van der Waals surface area contributed by atoms with Gasteiger partial charge in [0.15, 0.2) is 5.17 Å². The normalized spacial score (nSPS) is 23.0. The minimum atomic E-state index is -0.782. The number of carbonyl (C=O) groups is 2. The molecule has 2 aliphatic heterocycles. The molecule has 1 fully saturated rings. The quantitative estimate of drug-likeness (QED) is 0.773. The van der Waals surface area contributed by atoms with Gasteiger partial charge in [0.1, 0.15) is 11.1 Å². The van der Waals surface area contributed by atoms with Crippen LogP contribution in [-0.2, 0) is 10.3 Å². The maximum Gasteiger partial charge on any atom is 0.410 e. The van der Waals surface area contributed by atoms with E-state index >= 15 is 0 Å². The Morgan fingerprint density at radius 2 is 2.00 bits per heavy atom. The summed E-state index contributed by atoms with van der Waals surface area (Å²) in [4.78, 5) is 40.8. The van der Waals surface area contributed by atoms with Crippen LogP contribution >= 0.6 is 11.8 Å². The van der Waals surface area contributed by atoms with Crippen molar-refractivity contribution in [2.75, 3.05) is 18.8 Å². The van der Waals surface area contributed by atoms with Gasteiger partial charge in [-0.15, -0.1) is 0 Å². The van der Waals surface area contributed by atoms with Crippen molar-refractivity contribution in [3.05, 3.63) is 60.2 Å². The van der Waals surface area contributed by atoms with Gasteiger partial charge in [0.25, 0.3) is 5.91 Å². The van der Waals surface area contributed by atoms with Crippen LogP contribution in [0.2, 0.25) is 0 Å². The fourth-order valence-electron chi connectivity index (χ4n) is 3.77. The molecule has 0 spiro atoms. The highest BCUT2D eigenvalue weighted by atomic mass is 32.2. The van der Waals surface area contributed by atoms with E-state index in [1.165, 1.54) is 11.8 Å². The number of hydrogen-bond donors (Lipinski definition) is 1. The number of nitrogens with one attached hydrogen (secondary N) is 1. The number of amidine groups is 1. The second-order valence-corrected chi connectivity index (χ2v) is 9.63. The smallest absolute Gasteiger partial charge is 0.410 e. The van der Waals surface area contributed by atoms with Crippen molar-refractivity contribution in [1.82, 2.24) is 20.2 Å². The number of benzene rings is 1. The lowest BCUT2D eigenvalue weighted by molar-refractivity contribution is 0.0282. The molecule has 1 N–H and O–H groups in total. The summed E-state index contributed by atoms with van der Waals surface area (Å²) in [6.07, 6.45) is 4.54. The first kappa shape index (κ1) is 21.3. The Kier molecular flexibility index (Phi) is 5.70. The first-order valence-corrected chi connectivity index (χ1v) is 11.1. The molecule has 2 atom stereocenters. The monoisotopic (exact) mass is 439 g/mol. The van der Waals surface area contributed by atoms with E-state index in [4.69, 9.17) is 9.73 Å². The average Bonchev–Trinajstić information content (AvgIpc) is 3.14. The van der Waals surface area contributed by atoms with Crippen LogP contribution in [0.15, 0.2) is 53.9 Å². The second kappa shape index (κ2) is 8.30. The minimum Gasteiger partial charge on any atom is -0.444 e. The minimum absolute atomic E-state index is 0.0269. The highest BCUT2D eigenvalue weighted by molar-refractivity contribution is 8.13. The molecule has 0 bridgehead atoms. The number of thioether (sulfide) groups is 1. The average molecular weight is 440 g/mol. The van der Waals surface area contributed by atoms with Crippen LogP contribution in [0.3, 0.4) is 0 Å². The van der Waals surface area contributed by atoms with Crippen molar-refractivity contribution in [1.29, 1.82) is 0 Å². The molecule has 2 amide bonds. The largest absolute Gasteiger partial charge is 0.444 e. The fraction of sp³-hybridized carbons (Fsp3) is 0.409. The van der Waals surface area contributed by atoms with Gasteiger partial charge in [0.2, 0.25) is 0 Å². The van der Waals surface area contributed by atoms with E-state index in [0.29, 0.717) is 35.3 Å². The molecule has 0 radical (unpaired) electrons. The molecule has 3 heterocycles. The summed E-state index contributed by atoms with van der Waals surface area (Å²) in [6.45, 7) is 6.35. The van der Waals surface area contributed by atoms with E-state index in [9.17, 15) is 9.59 Å². The first-order valence-electron chi connectivity index (χ1n) is 10.1. The molecule has 4 rings (SSSR count). The van der Waals surface area contributed by atoms with E-state index in [2.05, 4.69) is 15.3 Å². The Labute approximate surface area is 185 Å². The van der Waals surface area contributed by atoms with Crippen molar-refractivity contribution < 1.29 is 14.3 Å². The lowest BCUT2D eigenvalue weighted by atomic mass is 9.86. The van der Waals surface area contributed by atoms with Gasteiger partial charge in [0.05, 0.1) is 18.4 Å². The summed E-state index contributed by atoms with van der Waals surface area (Å²) in [5, 5.41) is 3.43. The summed E-state index contributed by atoms with van der Waals surface area (Å²) >= 11 is 1.47. The summed E-state index contributed by atoms with van der Waals surface area (Å²) in [5.41, 5.74) is -0.131. The zero-order valence-corrected chi connectivity index (χ0v) is 18.6. The molecule has 1 aromatic carbocycles. The van der Waals surface area contributed by atoms with Gasteiger partial charge < -0.3 is 15.0 Å². The number of carbonyl (C=O) groups excluding carboxylic acids is 2. The fourth-order valence-corrected chi connectivity index (χ4v) is 4.90. The molecule has 0 aliphatic carbocycles. The number of likely N-dealkylation sites (tertiary alicyclic amines) is 1. The van der Waals surface area contributed by atoms with Gasteiger partial charge in [-0.25, -0.2) is 9.79 Å². The van der Waals surface area contributed by atoms with Crippen LogP contribution in [0.4, 0.5) is 4.79 Å². The van der Waals surface area contributed by atoms with Crippen molar-refractivity contribution in [3.8, 4) is 0 Å². The Hall–Kier alpha value is -2.94. The van der Waals surface area contributed by atoms with E-state index in [0.717, 1.165) is 0 Å². The summed E-state index contributed by atoms with van der Waals surface area (Å²) in [6, 6.07) is 9.00. The van der Waals surface area contributed by atoms with Gasteiger partial charge in [-0.05, 0) is 32.9 Å². The second-order valence-electron chi connectivity index (χ2n) is 8.62. The summed E-state index contributed by atoms with van der Waals surface area (Å²) in [7, 11) is 0. The maximum atomic E-state index is 12.8. The maximum absolute atomic E-state index is 12.8. The predicted molar refractivity (Wildman–Crippen MR) is 119 cm³/mol. The molecular formula is C22H25N5O3S. The van der Waals surface area contributed by atoms with Crippen LogP contribution in [-0.4, -0.2) is 56.5 Å². The number of aromatic nitrogens is 2. The van der Waals surface area contributed by atoms with Crippen LogP contribution in [0.1, 0.15) is 36.8 Å². The SMILES string of the molecule is CC(C)(C)OC(=O)N1CC2CSC(NC(=O)c3ccccc3)=NC2(c2cnccn2)C1. The van der Waals surface area contributed by atoms with Gasteiger partial charge in [-0.1, -0.05) is 30.0 Å². The third kappa shape index (κ3) is 4.56. The Morgan fingerprint density at radius 1 is 1.23 bits per heavy atom. The molecular weight excluding hydrogens is 414 g/mol. The van der Waals surface area contributed by atoms with Crippen LogP contribution in [0.25, 0.3) is 0 Å². The van der Waals surface area contributed by atoms with E-state index in [-0.39, 0.29) is 17.9 Å². The number of ether oxygens (including phenoxy) is 1. The van der Waals surface area contributed by atoms with E-state index < -0.39 is 11.1 Å². The Bertz CT molecular complexity index is 993. The lowest BCUT2D eigenvalue weighted by Gasteiger charge is -2.34. The number of amides is 2. The zero-order valence-electron chi connectivity index (χ0n) is 17.7. The molecule has 2 unspecified atom stereocenters. The molecule has 0 saturated carbocycles. The number of hydrogen-bond acceptors (Lipinski definition) is 7. The lowest BCUT2D eigenvalue weighted by Crippen LogP contribution is -2.43. The van der Waals surface area contributed by atoms with Gasteiger partial charge in [0, 0.05) is 36.2 Å². The Morgan fingerprint density at radius 3 is 2.68 bits per heavy atom. The van der Waals surface area contributed by atoms with Crippen molar-refractivity contribution in [3.63, 3.8) is 0 Å². The van der Waals surface area contributed by atoms with Crippen molar-refractivity contribution in [2.45, 2.75) is 31.9 Å². The van der Waals surface area contributed by atoms with Crippen molar-refractivity contribution >= 4 is 28.9 Å². The van der Waals surface area contributed by atoms with E-state index in [1.54, 1.807) is 35.6 Å². The molecule has 1 saturated heterocycles. The summed E-state index contributed by atoms with van der Waals surface area (Å²) < 4.78 is 5.58. The molecule has 162 valence electrons. The molecule has 31 heavy (non-hydrogen) atoms. The van der Waals surface area contributed by atoms with Crippen LogP contribution < -0.4 is 5.32 Å². The molecule has 1 aromatic heterocycles. The van der Waals surface area contributed by atoms with Gasteiger partial charge in [-0.3, -0.25) is 14.8 Å². The predicted octanol–water partition coefficient (Wildman–Crippen LogP) is 3.07. The van der Waals surface area contributed by atoms with E-state index in [1.807, 2.05) is 39.0 Å². The Balaban J connectivity index is 1.64. The first-order chi connectivity index (χ1) is 14.8. The number of rotatable bonds is 2. The van der Waals surface area contributed by atoms with Gasteiger partial charge in [-0.2, -0.15) is 0 Å². The third-order valence-corrected chi connectivity index (χ3v) is 6.22. The zero-order chi connectivity index (χ0) is 22.1. The number of nitrogens with zero attached hydrogens (tertiary/aromatic N) is 4. The third-order valence-electron chi connectivity index (χ3n) is 5.19. The van der Waals surface area contributed by atoms with Crippen LogP contribution in [0.5, 0.6) is 0 Å². The van der Waals surface area contributed by atoms with Gasteiger partial charge >= 0.3 is 6.09 Å². The highest BCUT2D eigenvalue weighted by Gasteiger charge is 2.53. The topological polar surface area (TPSA) is 96.8 Å².